The van der Waals surface area contributed by atoms with E-state index >= 15 is 0 Å². The Kier molecular flexibility index (Phi) is 5.55. The largest absolute Gasteiger partial charge is 0.507 e. The zero-order valence-corrected chi connectivity index (χ0v) is 17.0. The SMILES string of the molecule is COCCCN1C(=O)C(=O)C(=C(O)c2ccc3c(c2)C[C@@H](C)O3)[C@@H]1c1cccnc1. The van der Waals surface area contributed by atoms with E-state index in [1.54, 1.807) is 43.8 Å². The molecule has 0 unspecified atom stereocenters. The number of aliphatic hydroxyl groups is 1. The summed E-state index contributed by atoms with van der Waals surface area (Å²) in [4.78, 5) is 31.4. The van der Waals surface area contributed by atoms with Gasteiger partial charge in [-0.1, -0.05) is 6.07 Å². The first-order chi connectivity index (χ1) is 14.5. The first-order valence-corrected chi connectivity index (χ1v) is 9.98. The maximum atomic E-state index is 12.9. The van der Waals surface area contributed by atoms with Gasteiger partial charge in [0.15, 0.2) is 0 Å². The van der Waals surface area contributed by atoms with Gasteiger partial charge in [0.1, 0.15) is 17.6 Å². The van der Waals surface area contributed by atoms with Crippen LogP contribution in [0.2, 0.25) is 0 Å². The summed E-state index contributed by atoms with van der Waals surface area (Å²) in [5, 5.41) is 11.1. The third-order valence-corrected chi connectivity index (χ3v) is 5.46. The van der Waals surface area contributed by atoms with Gasteiger partial charge in [-0.2, -0.15) is 0 Å². The molecule has 1 amide bonds. The van der Waals surface area contributed by atoms with Crippen LogP contribution in [0.5, 0.6) is 5.75 Å². The fourth-order valence-corrected chi connectivity index (χ4v) is 4.10. The predicted molar refractivity (Wildman–Crippen MR) is 110 cm³/mol. The summed E-state index contributed by atoms with van der Waals surface area (Å²) in [5.41, 5.74) is 2.22. The average molecular weight is 408 g/mol. The van der Waals surface area contributed by atoms with Crippen molar-refractivity contribution in [2.75, 3.05) is 20.3 Å². The van der Waals surface area contributed by atoms with Gasteiger partial charge in [-0.15, -0.1) is 0 Å². The summed E-state index contributed by atoms with van der Waals surface area (Å²) in [5.74, 6) is -0.717. The number of methoxy groups -OCH3 is 1. The summed E-state index contributed by atoms with van der Waals surface area (Å²) in [6.45, 7) is 2.78. The Bertz CT molecular complexity index is 1000. The second-order valence-electron chi connectivity index (χ2n) is 7.58. The standard InChI is InChI=1S/C23H24N2O5/c1-14-11-17-12-15(6-7-18(17)30-14)21(26)19-20(16-5-3-8-24-13-16)25(9-4-10-29-2)23(28)22(19)27/h3,5-8,12-14,20,26H,4,9-11H2,1-2H3/t14-,20+/m1/s1. The molecule has 2 aliphatic heterocycles. The third kappa shape index (κ3) is 3.57. The molecule has 1 fully saturated rings. The number of aliphatic hydroxyl groups excluding tert-OH is 1. The van der Waals surface area contributed by atoms with E-state index in [2.05, 4.69) is 4.98 Å². The molecule has 2 aromatic rings. The molecule has 2 atom stereocenters. The number of amides is 1. The number of ketones is 1. The van der Waals surface area contributed by atoms with E-state index in [4.69, 9.17) is 9.47 Å². The van der Waals surface area contributed by atoms with Crippen LogP contribution >= 0.6 is 0 Å². The molecule has 156 valence electrons. The Morgan fingerprint density at radius 3 is 2.90 bits per heavy atom. The molecule has 2 aliphatic rings. The van der Waals surface area contributed by atoms with Crippen molar-refractivity contribution < 1.29 is 24.2 Å². The molecular formula is C23H24N2O5. The van der Waals surface area contributed by atoms with Crippen molar-refractivity contribution in [1.29, 1.82) is 0 Å². The monoisotopic (exact) mass is 408 g/mol. The molecule has 7 nitrogen and oxygen atoms in total. The number of likely N-dealkylation sites (tertiary alicyclic amines) is 1. The highest BCUT2D eigenvalue weighted by Gasteiger charge is 2.46. The zero-order valence-electron chi connectivity index (χ0n) is 17.0. The molecule has 7 heteroatoms. The van der Waals surface area contributed by atoms with Crippen molar-refractivity contribution in [3.63, 3.8) is 0 Å². The van der Waals surface area contributed by atoms with Crippen LogP contribution in [0.25, 0.3) is 5.76 Å². The lowest BCUT2D eigenvalue weighted by molar-refractivity contribution is -0.140. The minimum absolute atomic E-state index is 0.0687. The highest BCUT2D eigenvalue weighted by atomic mass is 16.5. The van der Waals surface area contributed by atoms with Gasteiger partial charge in [0.05, 0.1) is 11.6 Å². The molecule has 0 spiro atoms. The van der Waals surface area contributed by atoms with Crippen molar-refractivity contribution in [3.05, 3.63) is 65.0 Å². The molecule has 1 saturated heterocycles. The van der Waals surface area contributed by atoms with Crippen molar-refractivity contribution in [2.45, 2.75) is 31.9 Å². The highest BCUT2D eigenvalue weighted by molar-refractivity contribution is 6.46. The molecule has 1 aromatic heterocycles. The molecular weight excluding hydrogens is 384 g/mol. The second kappa shape index (κ2) is 8.28. The smallest absolute Gasteiger partial charge is 0.295 e. The van der Waals surface area contributed by atoms with Crippen molar-refractivity contribution in [2.24, 2.45) is 0 Å². The number of hydrogen-bond acceptors (Lipinski definition) is 6. The minimum Gasteiger partial charge on any atom is -0.507 e. The highest BCUT2D eigenvalue weighted by Crippen LogP contribution is 2.40. The summed E-state index contributed by atoms with van der Waals surface area (Å²) in [6.07, 6.45) is 4.62. The number of carbonyl (C=O) groups excluding carboxylic acids is 2. The average Bonchev–Trinajstić information content (AvgIpc) is 3.25. The fraction of sp³-hybridized carbons (Fsp3) is 0.348. The molecule has 3 heterocycles. The van der Waals surface area contributed by atoms with Crippen molar-refractivity contribution in [1.82, 2.24) is 9.88 Å². The summed E-state index contributed by atoms with van der Waals surface area (Å²) < 4.78 is 10.8. The molecule has 30 heavy (non-hydrogen) atoms. The summed E-state index contributed by atoms with van der Waals surface area (Å²) in [7, 11) is 1.59. The van der Waals surface area contributed by atoms with E-state index in [9.17, 15) is 14.7 Å². The first kappa shape index (κ1) is 20.1. The van der Waals surface area contributed by atoms with E-state index in [1.165, 1.54) is 4.90 Å². The Labute approximate surface area is 174 Å². The van der Waals surface area contributed by atoms with Gasteiger partial charge in [-0.05, 0) is 48.7 Å². The molecule has 0 aliphatic carbocycles. The van der Waals surface area contributed by atoms with E-state index in [1.807, 2.05) is 13.0 Å². The Balaban J connectivity index is 1.78. The Morgan fingerprint density at radius 1 is 1.33 bits per heavy atom. The molecule has 1 aromatic carbocycles. The molecule has 0 bridgehead atoms. The van der Waals surface area contributed by atoms with Gasteiger partial charge in [-0.3, -0.25) is 14.6 Å². The Morgan fingerprint density at radius 2 is 2.17 bits per heavy atom. The van der Waals surface area contributed by atoms with Crippen LogP contribution in [-0.4, -0.2) is 53.0 Å². The number of Topliss-reactive ketones (excluding diaryl/α,β-unsaturated/α-hetero) is 1. The number of carbonyl (C=O) groups is 2. The van der Waals surface area contributed by atoms with Crippen LogP contribution in [0.4, 0.5) is 0 Å². The van der Waals surface area contributed by atoms with E-state index in [-0.39, 0.29) is 17.4 Å². The van der Waals surface area contributed by atoms with Crippen LogP contribution in [0.1, 0.15) is 36.1 Å². The number of hydrogen-bond donors (Lipinski definition) is 1. The summed E-state index contributed by atoms with van der Waals surface area (Å²) >= 11 is 0. The lowest BCUT2D eigenvalue weighted by Crippen LogP contribution is -2.31. The van der Waals surface area contributed by atoms with Gasteiger partial charge < -0.3 is 19.5 Å². The number of benzene rings is 1. The zero-order chi connectivity index (χ0) is 21.3. The van der Waals surface area contributed by atoms with E-state index in [0.717, 1.165) is 17.7 Å². The number of aromatic nitrogens is 1. The third-order valence-electron chi connectivity index (χ3n) is 5.46. The first-order valence-electron chi connectivity index (χ1n) is 9.98. The number of pyridine rings is 1. The van der Waals surface area contributed by atoms with Crippen molar-refractivity contribution >= 4 is 17.4 Å². The maximum Gasteiger partial charge on any atom is 0.295 e. The molecule has 4 rings (SSSR count). The van der Waals surface area contributed by atoms with Crippen LogP contribution in [0.3, 0.4) is 0 Å². The number of fused-ring (bicyclic) bond motifs is 1. The summed E-state index contributed by atoms with van der Waals surface area (Å²) in [6, 6.07) is 8.19. The van der Waals surface area contributed by atoms with Crippen molar-refractivity contribution in [3.8, 4) is 5.75 Å². The molecule has 0 radical (unpaired) electrons. The maximum absolute atomic E-state index is 12.9. The van der Waals surface area contributed by atoms with Crippen LogP contribution in [0, 0.1) is 0 Å². The number of ether oxygens (including phenoxy) is 2. The van der Waals surface area contributed by atoms with Gasteiger partial charge in [0.2, 0.25) is 0 Å². The Hall–Kier alpha value is -3.19. The quantitative estimate of drug-likeness (QED) is 0.342. The normalized spacial score (nSPS) is 22.3. The molecule has 0 saturated carbocycles. The molecule has 1 N–H and O–H groups in total. The number of rotatable bonds is 6. The second-order valence-corrected chi connectivity index (χ2v) is 7.58. The van der Waals surface area contributed by atoms with Gasteiger partial charge >= 0.3 is 0 Å². The fourth-order valence-electron chi connectivity index (χ4n) is 4.10. The lowest BCUT2D eigenvalue weighted by atomic mass is 9.95. The number of nitrogens with zero attached hydrogens (tertiary/aromatic N) is 2. The van der Waals surface area contributed by atoms with Crippen LogP contribution < -0.4 is 4.74 Å². The van der Waals surface area contributed by atoms with Gasteiger partial charge in [-0.25, -0.2) is 0 Å². The topological polar surface area (TPSA) is 89.0 Å². The predicted octanol–water partition coefficient (Wildman–Crippen LogP) is 2.86. The van der Waals surface area contributed by atoms with Crippen LogP contribution in [-0.2, 0) is 20.7 Å². The van der Waals surface area contributed by atoms with Gasteiger partial charge in [0.25, 0.3) is 11.7 Å². The van der Waals surface area contributed by atoms with Crippen LogP contribution in [0.15, 0.2) is 48.3 Å². The minimum atomic E-state index is -0.695. The van der Waals surface area contributed by atoms with E-state index in [0.29, 0.717) is 30.7 Å². The lowest BCUT2D eigenvalue weighted by Gasteiger charge is -2.25. The van der Waals surface area contributed by atoms with Gasteiger partial charge in [0, 0.05) is 44.6 Å². The van der Waals surface area contributed by atoms with E-state index < -0.39 is 17.7 Å².